The molecule has 0 amide bonds. The first-order valence-corrected chi connectivity index (χ1v) is 7.33. The van der Waals surface area contributed by atoms with Gasteiger partial charge in [-0.1, -0.05) is 23.7 Å². The van der Waals surface area contributed by atoms with E-state index in [0.717, 1.165) is 34.0 Å². The summed E-state index contributed by atoms with van der Waals surface area (Å²) >= 11 is 5.87. The predicted octanol–water partition coefficient (Wildman–Crippen LogP) is 4.16. The number of H-pyrrole nitrogens is 1. The molecule has 0 unspecified atom stereocenters. The molecule has 0 saturated carbocycles. The first kappa shape index (κ1) is 14.8. The summed E-state index contributed by atoms with van der Waals surface area (Å²) in [7, 11) is 0. The molecule has 3 nitrogen and oxygen atoms in total. The largest absolute Gasteiger partial charge is 0.308 e. The molecule has 0 fully saturated rings. The molecule has 1 heterocycles. The monoisotopic (exact) mass is 315 g/mol. The Labute approximate surface area is 133 Å². The maximum Gasteiger partial charge on any atom is 0.123 e. The molecule has 0 spiro atoms. The minimum atomic E-state index is -0.245. The summed E-state index contributed by atoms with van der Waals surface area (Å²) < 4.78 is 13.0. The van der Waals surface area contributed by atoms with Gasteiger partial charge in [0.05, 0.1) is 11.9 Å². The highest BCUT2D eigenvalue weighted by Crippen LogP contribution is 2.21. The first-order chi connectivity index (χ1) is 10.7. The molecule has 22 heavy (non-hydrogen) atoms. The van der Waals surface area contributed by atoms with Gasteiger partial charge in [0.1, 0.15) is 5.82 Å². The molecule has 1 aromatic heterocycles. The lowest BCUT2D eigenvalue weighted by Gasteiger charge is -2.06. The number of aromatic amines is 1. The fourth-order valence-electron chi connectivity index (χ4n) is 2.26. The molecule has 112 valence electrons. The van der Waals surface area contributed by atoms with Crippen molar-refractivity contribution in [3.05, 3.63) is 76.7 Å². The maximum atomic E-state index is 13.0. The zero-order chi connectivity index (χ0) is 15.4. The van der Waals surface area contributed by atoms with Crippen LogP contribution in [0.1, 0.15) is 11.1 Å². The van der Waals surface area contributed by atoms with Gasteiger partial charge in [0, 0.05) is 29.2 Å². The number of benzene rings is 2. The summed E-state index contributed by atoms with van der Waals surface area (Å²) in [6, 6.07) is 14.1. The van der Waals surface area contributed by atoms with Crippen molar-refractivity contribution >= 4 is 11.6 Å². The fraction of sp³-hybridized carbons (Fsp3) is 0.118. The van der Waals surface area contributed by atoms with E-state index in [4.69, 9.17) is 11.6 Å². The van der Waals surface area contributed by atoms with E-state index < -0.39 is 0 Å². The lowest BCUT2D eigenvalue weighted by atomic mass is 10.1. The highest BCUT2D eigenvalue weighted by atomic mass is 35.5. The van der Waals surface area contributed by atoms with Crippen LogP contribution in [0.25, 0.3) is 11.3 Å². The Hall–Kier alpha value is -2.17. The lowest BCUT2D eigenvalue weighted by molar-refractivity contribution is 0.628. The van der Waals surface area contributed by atoms with Gasteiger partial charge in [-0.3, -0.25) is 5.10 Å². The average Bonchev–Trinajstić information content (AvgIpc) is 2.98. The van der Waals surface area contributed by atoms with Gasteiger partial charge in [0.25, 0.3) is 0 Å². The standard InChI is InChI=1S/C17H15ClFN3/c18-15-5-1-12(2-6-15)9-20-10-14-11-21-22-17(14)13-3-7-16(19)8-4-13/h1-8,11,20H,9-10H2,(H,21,22). The minimum absolute atomic E-state index is 0.245. The highest BCUT2D eigenvalue weighted by molar-refractivity contribution is 6.30. The second-order valence-corrected chi connectivity index (χ2v) is 5.44. The topological polar surface area (TPSA) is 40.7 Å². The molecule has 2 aromatic carbocycles. The van der Waals surface area contributed by atoms with E-state index >= 15 is 0 Å². The normalized spacial score (nSPS) is 10.8. The van der Waals surface area contributed by atoms with Crippen molar-refractivity contribution in [1.29, 1.82) is 0 Å². The van der Waals surface area contributed by atoms with Crippen LogP contribution in [0.3, 0.4) is 0 Å². The number of rotatable bonds is 5. The molecular weight excluding hydrogens is 301 g/mol. The van der Waals surface area contributed by atoms with E-state index in [9.17, 15) is 4.39 Å². The van der Waals surface area contributed by atoms with Crippen molar-refractivity contribution in [2.24, 2.45) is 0 Å². The quantitative estimate of drug-likeness (QED) is 0.742. The van der Waals surface area contributed by atoms with Gasteiger partial charge in [-0.2, -0.15) is 5.10 Å². The first-order valence-electron chi connectivity index (χ1n) is 6.96. The van der Waals surface area contributed by atoms with Gasteiger partial charge >= 0.3 is 0 Å². The van der Waals surface area contributed by atoms with Crippen molar-refractivity contribution in [2.75, 3.05) is 0 Å². The van der Waals surface area contributed by atoms with Crippen LogP contribution in [0.4, 0.5) is 4.39 Å². The van der Waals surface area contributed by atoms with Crippen molar-refractivity contribution in [2.45, 2.75) is 13.1 Å². The molecule has 3 aromatic rings. The van der Waals surface area contributed by atoms with E-state index in [-0.39, 0.29) is 5.82 Å². The molecule has 3 rings (SSSR count). The molecule has 0 atom stereocenters. The molecule has 0 aliphatic rings. The predicted molar refractivity (Wildman–Crippen MR) is 86.0 cm³/mol. The number of nitrogens with zero attached hydrogens (tertiary/aromatic N) is 1. The maximum absolute atomic E-state index is 13.0. The molecule has 0 aliphatic heterocycles. The van der Waals surface area contributed by atoms with E-state index in [1.165, 1.54) is 12.1 Å². The van der Waals surface area contributed by atoms with E-state index in [1.807, 2.05) is 24.3 Å². The van der Waals surface area contributed by atoms with Crippen molar-refractivity contribution in [1.82, 2.24) is 15.5 Å². The van der Waals surface area contributed by atoms with Gasteiger partial charge in [-0.25, -0.2) is 4.39 Å². The zero-order valence-corrected chi connectivity index (χ0v) is 12.6. The van der Waals surface area contributed by atoms with Gasteiger partial charge in [0.15, 0.2) is 0 Å². The summed E-state index contributed by atoms with van der Waals surface area (Å²) in [6.45, 7) is 1.41. The van der Waals surface area contributed by atoms with Crippen LogP contribution in [0.2, 0.25) is 5.02 Å². The summed E-state index contributed by atoms with van der Waals surface area (Å²) in [5.74, 6) is -0.245. The van der Waals surface area contributed by atoms with Crippen LogP contribution in [0.5, 0.6) is 0 Å². The number of halogens is 2. The Balaban J connectivity index is 1.65. The van der Waals surface area contributed by atoms with Crippen molar-refractivity contribution < 1.29 is 4.39 Å². The van der Waals surface area contributed by atoms with Crippen molar-refractivity contribution in [3.63, 3.8) is 0 Å². The summed E-state index contributed by atoms with van der Waals surface area (Å²) in [5, 5.41) is 11.2. The van der Waals surface area contributed by atoms with Gasteiger partial charge in [-0.05, 0) is 42.0 Å². The van der Waals surface area contributed by atoms with Gasteiger partial charge in [0.2, 0.25) is 0 Å². The number of hydrogen-bond acceptors (Lipinski definition) is 2. The van der Waals surface area contributed by atoms with Crippen LogP contribution in [-0.2, 0) is 13.1 Å². The molecule has 2 N–H and O–H groups in total. The third-order valence-corrected chi connectivity index (χ3v) is 3.66. The Morgan fingerprint density at radius 2 is 1.73 bits per heavy atom. The molecule has 0 aliphatic carbocycles. The summed E-state index contributed by atoms with van der Waals surface area (Å²) in [6.07, 6.45) is 1.79. The third kappa shape index (κ3) is 3.53. The molecular formula is C17H15ClFN3. The Kier molecular flexibility index (Phi) is 4.51. The minimum Gasteiger partial charge on any atom is -0.308 e. The summed E-state index contributed by atoms with van der Waals surface area (Å²) in [4.78, 5) is 0. The van der Waals surface area contributed by atoms with Gasteiger partial charge < -0.3 is 5.32 Å². The van der Waals surface area contributed by atoms with Crippen LogP contribution < -0.4 is 5.32 Å². The Morgan fingerprint density at radius 3 is 2.45 bits per heavy atom. The number of nitrogens with one attached hydrogen (secondary N) is 2. The van der Waals surface area contributed by atoms with Crippen LogP contribution in [0.15, 0.2) is 54.7 Å². The molecule has 5 heteroatoms. The Morgan fingerprint density at radius 1 is 1.00 bits per heavy atom. The highest BCUT2D eigenvalue weighted by Gasteiger charge is 2.07. The molecule has 0 saturated heterocycles. The third-order valence-electron chi connectivity index (χ3n) is 3.41. The van der Waals surface area contributed by atoms with E-state index in [2.05, 4.69) is 15.5 Å². The lowest BCUT2D eigenvalue weighted by Crippen LogP contribution is -2.12. The second kappa shape index (κ2) is 6.73. The zero-order valence-electron chi connectivity index (χ0n) is 11.8. The van der Waals surface area contributed by atoms with E-state index in [1.54, 1.807) is 18.3 Å². The van der Waals surface area contributed by atoms with Crippen molar-refractivity contribution in [3.8, 4) is 11.3 Å². The summed E-state index contributed by atoms with van der Waals surface area (Å²) in [5.41, 5.74) is 4.03. The van der Waals surface area contributed by atoms with E-state index in [0.29, 0.717) is 6.54 Å². The molecule has 0 bridgehead atoms. The van der Waals surface area contributed by atoms with Crippen LogP contribution >= 0.6 is 11.6 Å². The smallest absolute Gasteiger partial charge is 0.123 e. The number of hydrogen-bond donors (Lipinski definition) is 2. The second-order valence-electron chi connectivity index (χ2n) is 5.01. The average molecular weight is 316 g/mol. The Bertz CT molecular complexity index is 735. The fourth-order valence-corrected chi connectivity index (χ4v) is 2.38. The molecule has 0 radical (unpaired) electrons. The number of aromatic nitrogens is 2. The van der Waals surface area contributed by atoms with Gasteiger partial charge in [-0.15, -0.1) is 0 Å². The SMILES string of the molecule is Fc1ccc(-c2[nH]ncc2CNCc2ccc(Cl)cc2)cc1. The van der Waals surface area contributed by atoms with Crippen LogP contribution in [0, 0.1) is 5.82 Å². The van der Waals surface area contributed by atoms with Crippen LogP contribution in [-0.4, -0.2) is 10.2 Å².